The van der Waals surface area contributed by atoms with Crippen molar-refractivity contribution in [1.29, 1.82) is 0 Å². The molecule has 1 aliphatic heterocycles. The van der Waals surface area contributed by atoms with Gasteiger partial charge in [0.1, 0.15) is 9.88 Å². The molecule has 0 saturated carbocycles. The highest BCUT2D eigenvalue weighted by atomic mass is 32.1. The van der Waals surface area contributed by atoms with Gasteiger partial charge in [0, 0.05) is 19.3 Å². The van der Waals surface area contributed by atoms with Crippen molar-refractivity contribution >= 4 is 17.2 Å². The lowest BCUT2D eigenvalue weighted by Crippen LogP contribution is -2.40. The Kier molecular flexibility index (Phi) is 3.52. The Morgan fingerprint density at radius 2 is 2.11 bits per heavy atom. The Bertz CT molecular complexity index is 564. The van der Waals surface area contributed by atoms with Gasteiger partial charge in [-0.3, -0.25) is 9.78 Å². The molecule has 0 unspecified atom stereocenters. The minimum atomic E-state index is 0.0305. The number of morpholine rings is 1. The van der Waals surface area contributed by atoms with E-state index < -0.39 is 0 Å². The molecule has 2 aromatic rings. The third kappa shape index (κ3) is 2.64. The Hall–Kier alpha value is -1.79. The van der Waals surface area contributed by atoms with E-state index in [1.165, 1.54) is 11.3 Å². The summed E-state index contributed by atoms with van der Waals surface area (Å²) in [5.41, 5.74) is 0.800. The summed E-state index contributed by atoms with van der Waals surface area (Å²) in [6, 6.07) is 5.66. The predicted molar refractivity (Wildman–Crippen MR) is 72.1 cm³/mol. The molecule has 0 bridgehead atoms. The molecule has 2 aromatic heterocycles. The first-order valence-electron chi connectivity index (χ1n) is 6.09. The molecule has 5 nitrogen and oxygen atoms in total. The van der Waals surface area contributed by atoms with Crippen molar-refractivity contribution in [3.8, 4) is 10.7 Å². The number of hydrogen-bond donors (Lipinski definition) is 0. The molecule has 1 saturated heterocycles. The van der Waals surface area contributed by atoms with Gasteiger partial charge in [-0.1, -0.05) is 6.07 Å². The summed E-state index contributed by atoms with van der Waals surface area (Å²) in [4.78, 5) is 23.2. The standard InChI is InChI=1S/C13H13N3O2S/c17-13(16-5-7-18-8-6-16)11-9-15-12(19-11)10-3-1-2-4-14-10/h1-4,9H,5-8H2. The maximum atomic E-state index is 12.3. The Balaban J connectivity index is 1.79. The second kappa shape index (κ2) is 5.46. The van der Waals surface area contributed by atoms with Crippen LogP contribution in [0.5, 0.6) is 0 Å². The zero-order valence-corrected chi connectivity index (χ0v) is 11.1. The first kappa shape index (κ1) is 12.3. The first-order chi connectivity index (χ1) is 9.34. The number of ether oxygens (including phenoxy) is 1. The van der Waals surface area contributed by atoms with Gasteiger partial charge in [-0.2, -0.15) is 0 Å². The van der Waals surface area contributed by atoms with Gasteiger partial charge in [0.15, 0.2) is 0 Å². The molecule has 1 fully saturated rings. The zero-order valence-electron chi connectivity index (χ0n) is 10.3. The van der Waals surface area contributed by atoms with Gasteiger partial charge in [0.25, 0.3) is 5.91 Å². The third-order valence-electron chi connectivity index (χ3n) is 2.90. The van der Waals surface area contributed by atoms with Gasteiger partial charge in [0.2, 0.25) is 0 Å². The smallest absolute Gasteiger partial charge is 0.265 e. The predicted octanol–water partition coefficient (Wildman–Crippen LogP) is 1.68. The SMILES string of the molecule is O=C(c1cnc(-c2ccccn2)s1)N1CCOCC1. The fourth-order valence-electron chi connectivity index (χ4n) is 1.90. The summed E-state index contributed by atoms with van der Waals surface area (Å²) in [6.45, 7) is 2.51. The Morgan fingerprint density at radius 3 is 2.84 bits per heavy atom. The van der Waals surface area contributed by atoms with Gasteiger partial charge in [-0.05, 0) is 12.1 Å². The van der Waals surface area contributed by atoms with Crippen molar-refractivity contribution in [2.24, 2.45) is 0 Å². The normalized spacial score (nSPS) is 15.5. The summed E-state index contributed by atoms with van der Waals surface area (Å²) < 4.78 is 5.24. The average Bonchev–Trinajstić information content (AvgIpc) is 2.98. The summed E-state index contributed by atoms with van der Waals surface area (Å²) in [5, 5.41) is 0.775. The second-order valence-corrected chi connectivity index (χ2v) is 5.18. The van der Waals surface area contributed by atoms with E-state index in [1.807, 2.05) is 18.2 Å². The van der Waals surface area contributed by atoms with Gasteiger partial charge in [-0.25, -0.2) is 4.98 Å². The van der Waals surface area contributed by atoms with Crippen LogP contribution in [0.4, 0.5) is 0 Å². The van der Waals surface area contributed by atoms with Crippen molar-refractivity contribution in [3.05, 3.63) is 35.5 Å². The molecule has 98 valence electrons. The molecular weight excluding hydrogens is 262 g/mol. The summed E-state index contributed by atoms with van der Waals surface area (Å²) in [5.74, 6) is 0.0305. The number of thiazole rings is 1. The number of nitrogens with zero attached hydrogens (tertiary/aromatic N) is 3. The van der Waals surface area contributed by atoms with Crippen LogP contribution in [-0.4, -0.2) is 47.1 Å². The van der Waals surface area contributed by atoms with Crippen molar-refractivity contribution in [2.75, 3.05) is 26.3 Å². The highest BCUT2D eigenvalue weighted by molar-refractivity contribution is 7.16. The average molecular weight is 275 g/mol. The minimum Gasteiger partial charge on any atom is -0.378 e. The van der Waals surface area contributed by atoms with E-state index in [2.05, 4.69) is 9.97 Å². The molecule has 0 atom stereocenters. The van der Waals surface area contributed by atoms with Crippen LogP contribution in [0.2, 0.25) is 0 Å². The van der Waals surface area contributed by atoms with Gasteiger partial charge < -0.3 is 9.64 Å². The fraction of sp³-hybridized carbons (Fsp3) is 0.308. The molecule has 0 aliphatic carbocycles. The largest absolute Gasteiger partial charge is 0.378 e. The number of hydrogen-bond acceptors (Lipinski definition) is 5. The molecule has 0 N–H and O–H groups in total. The van der Waals surface area contributed by atoms with E-state index in [1.54, 1.807) is 17.3 Å². The molecule has 1 aliphatic rings. The lowest BCUT2D eigenvalue weighted by Gasteiger charge is -2.26. The lowest BCUT2D eigenvalue weighted by atomic mass is 10.3. The van der Waals surface area contributed by atoms with Crippen LogP contribution in [0.15, 0.2) is 30.6 Å². The number of carbonyl (C=O) groups excluding carboxylic acids is 1. The second-order valence-electron chi connectivity index (χ2n) is 4.15. The summed E-state index contributed by atoms with van der Waals surface area (Å²) in [6.07, 6.45) is 3.35. The van der Waals surface area contributed by atoms with E-state index in [4.69, 9.17) is 4.74 Å². The molecular formula is C13H13N3O2S. The number of amides is 1. The zero-order chi connectivity index (χ0) is 13.1. The maximum absolute atomic E-state index is 12.3. The quantitative estimate of drug-likeness (QED) is 0.836. The van der Waals surface area contributed by atoms with Crippen LogP contribution in [0.1, 0.15) is 9.67 Å². The van der Waals surface area contributed by atoms with E-state index in [0.29, 0.717) is 31.2 Å². The molecule has 6 heteroatoms. The third-order valence-corrected chi connectivity index (χ3v) is 3.91. The van der Waals surface area contributed by atoms with Crippen LogP contribution >= 0.6 is 11.3 Å². The van der Waals surface area contributed by atoms with E-state index in [-0.39, 0.29) is 5.91 Å². The lowest BCUT2D eigenvalue weighted by molar-refractivity contribution is 0.0306. The number of pyridine rings is 1. The molecule has 3 heterocycles. The summed E-state index contributed by atoms with van der Waals surface area (Å²) >= 11 is 1.38. The molecule has 0 aromatic carbocycles. The Morgan fingerprint density at radius 1 is 1.26 bits per heavy atom. The fourth-order valence-corrected chi connectivity index (χ4v) is 2.76. The number of carbonyl (C=O) groups is 1. The van der Waals surface area contributed by atoms with E-state index in [9.17, 15) is 4.79 Å². The van der Waals surface area contributed by atoms with Crippen LogP contribution in [0.3, 0.4) is 0 Å². The van der Waals surface area contributed by atoms with Crippen LogP contribution in [0, 0.1) is 0 Å². The molecule has 3 rings (SSSR count). The Labute approximate surface area is 114 Å². The van der Waals surface area contributed by atoms with Crippen LogP contribution in [0.25, 0.3) is 10.7 Å². The molecule has 1 amide bonds. The highest BCUT2D eigenvalue weighted by Gasteiger charge is 2.21. The number of aromatic nitrogens is 2. The topological polar surface area (TPSA) is 55.3 Å². The minimum absolute atomic E-state index is 0.0305. The van der Waals surface area contributed by atoms with E-state index >= 15 is 0 Å². The monoisotopic (exact) mass is 275 g/mol. The van der Waals surface area contributed by atoms with Crippen molar-refractivity contribution in [3.63, 3.8) is 0 Å². The van der Waals surface area contributed by atoms with Crippen molar-refractivity contribution in [2.45, 2.75) is 0 Å². The maximum Gasteiger partial charge on any atom is 0.265 e. The molecule has 0 spiro atoms. The molecule has 19 heavy (non-hydrogen) atoms. The van der Waals surface area contributed by atoms with Crippen molar-refractivity contribution in [1.82, 2.24) is 14.9 Å². The van der Waals surface area contributed by atoms with E-state index in [0.717, 1.165) is 10.7 Å². The molecule has 0 radical (unpaired) electrons. The number of rotatable bonds is 2. The van der Waals surface area contributed by atoms with Crippen molar-refractivity contribution < 1.29 is 9.53 Å². The van der Waals surface area contributed by atoms with Crippen LogP contribution < -0.4 is 0 Å². The first-order valence-corrected chi connectivity index (χ1v) is 6.90. The van der Waals surface area contributed by atoms with Gasteiger partial charge in [0.05, 0.1) is 25.1 Å². The van der Waals surface area contributed by atoms with Gasteiger partial charge >= 0.3 is 0 Å². The van der Waals surface area contributed by atoms with Crippen LogP contribution in [-0.2, 0) is 4.74 Å². The summed E-state index contributed by atoms with van der Waals surface area (Å²) in [7, 11) is 0. The highest BCUT2D eigenvalue weighted by Crippen LogP contribution is 2.24. The van der Waals surface area contributed by atoms with Gasteiger partial charge in [-0.15, -0.1) is 11.3 Å².